The number of aryl methyl sites for hydroxylation is 1. The Morgan fingerprint density at radius 1 is 1.12 bits per heavy atom. The zero-order valence-electron chi connectivity index (χ0n) is 18.4. The molecule has 0 radical (unpaired) electrons. The monoisotopic (exact) mass is 459 g/mol. The maximum absolute atomic E-state index is 10.9. The van der Waals surface area contributed by atoms with Gasteiger partial charge < -0.3 is 29.9 Å². The highest BCUT2D eigenvalue weighted by Gasteiger charge is 2.56. The van der Waals surface area contributed by atoms with Crippen LogP contribution in [-0.2, 0) is 28.1 Å². The fraction of sp³-hybridized carbons (Fsp3) is 0.458. The van der Waals surface area contributed by atoms with Crippen molar-refractivity contribution in [2.24, 2.45) is 0 Å². The minimum absolute atomic E-state index is 0.420. The number of hydrogen-bond donors (Lipinski definition) is 4. The number of nitrogens with zero attached hydrogens (tertiary/aromatic N) is 1. The van der Waals surface area contributed by atoms with Crippen molar-refractivity contribution < 1.29 is 29.9 Å². The Hall–Kier alpha value is -1.96. The van der Waals surface area contributed by atoms with Gasteiger partial charge in [0, 0.05) is 17.6 Å². The SMILES string of the molecule is CCc1ccc(Cc2cc([C@]3(OC)O[C@H](CO)[C@@H](O)[C@H](O)[C@H]3O)c(SC)cc2C#N)cc1. The summed E-state index contributed by atoms with van der Waals surface area (Å²) in [4.78, 5) is 0.618. The molecule has 4 N–H and O–H groups in total. The minimum atomic E-state index is -1.83. The van der Waals surface area contributed by atoms with Gasteiger partial charge in [-0.3, -0.25) is 0 Å². The second-order valence-corrected chi connectivity index (χ2v) is 8.65. The first-order valence-electron chi connectivity index (χ1n) is 10.4. The van der Waals surface area contributed by atoms with Gasteiger partial charge in [0.05, 0.1) is 18.2 Å². The molecule has 1 fully saturated rings. The maximum Gasteiger partial charge on any atom is 0.225 e. The second kappa shape index (κ2) is 10.3. The fourth-order valence-corrected chi connectivity index (χ4v) is 4.73. The van der Waals surface area contributed by atoms with E-state index in [-0.39, 0.29) is 0 Å². The van der Waals surface area contributed by atoms with Gasteiger partial charge in [0.2, 0.25) is 5.79 Å². The molecule has 0 saturated carbocycles. The molecule has 1 aliphatic heterocycles. The predicted octanol–water partition coefficient (Wildman–Crippen LogP) is 1.71. The number of rotatable bonds is 7. The Morgan fingerprint density at radius 3 is 2.31 bits per heavy atom. The third kappa shape index (κ3) is 4.43. The van der Waals surface area contributed by atoms with E-state index >= 15 is 0 Å². The molecule has 1 saturated heterocycles. The van der Waals surface area contributed by atoms with E-state index in [1.807, 2.05) is 30.5 Å². The van der Waals surface area contributed by atoms with E-state index in [2.05, 4.69) is 13.0 Å². The van der Waals surface area contributed by atoms with E-state index in [0.717, 1.165) is 12.0 Å². The lowest BCUT2D eigenvalue weighted by Gasteiger charge is -2.48. The highest BCUT2D eigenvalue weighted by Crippen LogP contribution is 2.43. The van der Waals surface area contributed by atoms with Crippen LogP contribution in [0.25, 0.3) is 0 Å². The van der Waals surface area contributed by atoms with E-state index in [9.17, 15) is 25.7 Å². The lowest BCUT2D eigenvalue weighted by molar-refractivity contribution is -0.367. The molecule has 3 rings (SSSR count). The third-order valence-corrected chi connectivity index (χ3v) is 6.78. The van der Waals surface area contributed by atoms with Gasteiger partial charge in [-0.25, -0.2) is 0 Å². The van der Waals surface area contributed by atoms with Crippen LogP contribution in [0.5, 0.6) is 0 Å². The average molecular weight is 460 g/mol. The number of nitriles is 1. The van der Waals surface area contributed by atoms with Crippen LogP contribution in [0.3, 0.4) is 0 Å². The van der Waals surface area contributed by atoms with Gasteiger partial charge in [0.1, 0.15) is 24.4 Å². The molecule has 7 nitrogen and oxygen atoms in total. The highest BCUT2D eigenvalue weighted by atomic mass is 32.2. The van der Waals surface area contributed by atoms with Crippen molar-refractivity contribution in [2.45, 2.75) is 54.9 Å². The number of aliphatic hydroxyl groups excluding tert-OH is 4. The molecule has 172 valence electrons. The Labute approximate surface area is 192 Å². The third-order valence-electron chi connectivity index (χ3n) is 6.00. The zero-order valence-corrected chi connectivity index (χ0v) is 19.2. The van der Waals surface area contributed by atoms with Gasteiger partial charge in [0.25, 0.3) is 0 Å². The fourth-order valence-electron chi connectivity index (χ4n) is 4.07. The van der Waals surface area contributed by atoms with E-state index in [4.69, 9.17) is 9.47 Å². The van der Waals surface area contributed by atoms with Crippen LogP contribution < -0.4 is 0 Å². The van der Waals surface area contributed by atoms with Crippen LogP contribution in [-0.4, -0.2) is 64.8 Å². The number of aliphatic hydroxyl groups is 4. The van der Waals surface area contributed by atoms with Crippen molar-refractivity contribution in [3.05, 3.63) is 64.2 Å². The lowest BCUT2D eigenvalue weighted by atomic mass is 9.86. The number of benzene rings is 2. The molecule has 2 aromatic rings. The molecule has 1 heterocycles. The standard InChI is InChI=1S/C24H29NO6S/c1-4-14-5-7-15(8-6-14)9-16-10-18(20(32-3)11-17(16)12-25)24(30-2)23(29)22(28)21(27)19(13-26)31-24/h5-8,10-11,19,21-23,26-29H,4,9,13H2,1-3H3/t19-,21-,22+,23-,24+/m1/s1. The molecule has 0 aliphatic carbocycles. The molecule has 0 amide bonds. The van der Waals surface area contributed by atoms with E-state index < -0.39 is 36.8 Å². The molecule has 8 heteroatoms. The quantitative estimate of drug-likeness (QED) is 0.462. The first-order valence-corrected chi connectivity index (χ1v) is 11.6. The largest absolute Gasteiger partial charge is 0.394 e. The van der Waals surface area contributed by atoms with E-state index in [1.165, 1.54) is 24.4 Å². The Bertz CT molecular complexity index is 974. The summed E-state index contributed by atoms with van der Waals surface area (Å²) in [7, 11) is 1.33. The summed E-state index contributed by atoms with van der Waals surface area (Å²) < 4.78 is 11.5. The van der Waals surface area contributed by atoms with Crippen LogP contribution in [0, 0.1) is 11.3 Å². The van der Waals surface area contributed by atoms with Crippen LogP contribution in [0.1, 0.15) is 34.7 Å². The normalized spacial score (nSPS) is 27.8. The zero-order chi connectivity index (χ0) is 23.5. The molecule has 5 atom stereocenters. The highest BCUT2D eigenvalue weighted by molar-refractivity contribution is 7.98. The van der Waals surface area contributed by atoms with Crippen LogP contribution in [0.4, 0.5) is 0 Å². The molecule has 0 unspecified atom stereocenters. The maximum atomic E-state index is 10.9. The number of methoxy groups -OCH3 is 1. The van der Waals surface area contributed by atoms with E-state index in [1.54, 1.807) is 12.1 Å². The van der Waals surface area contributed by atoms with Crippen LogP contribution in [0.2, 0.25) is 0 Å². The molecule has 0 aromatic heterocycles. The molecular weight excluding hydrogens is 430 g/mol. The molecule has 32 heavy (non-hydrogen) atoms. The van der Waals surface area contributed by atoms with Crippen molar-refractivity contribution in [3.8, 4) is 6.07 Å². The Balaban J connectivity index is 2.13. The van der Waals surface area contributed by atoms with Crippen molar-refractivity contribution in [1.82, 2.24) is 0 Å². The summed E-state index contributed by atoms with van der Waals surface area (Å²) in [5.74, 6) is -1.83. The van der Waals surface area contributed by atoms with E-state index in [0.29, 0.717) is 28.0 Å². The Kier molecular flexibility index (Phi) is 7.96. The lowest BCUT2D eigenvalue weighted by Crippen LogP contribution is -2.64. The van der Waals surface area contributed by atoms with Crippen molar-refractivity contribution in [1.29, 1.82) is 5.26 Å². The van der Waals surface area contributed by atoms with Crippen molar-refractivity contribution in [2.75, 3.05) is 20.0 Å². The second-order valence-electron chi connectivity index (χ2n) is 7.80. The summed E-state index contributed by atoms with van der Waals surface area (Å²) in [5.41, 5.74) is 3.84. The van der Waals surface area contributed by atoms with Crippen molar-refractivity contribution in [3.63, 3.8) is 0 Å². The molecule has 1 aliphatic rings. The first kappa shape index (κ1) is 24.7. The molecule has 0 spiro atoms. The summed E-state index contributed by atoms with van der Waals surface area (Å²) in [5, 5.41) is 51.0. The van der Waals surface area contributed by atoms with Crippen molar-refractivity contribution >= 4 is 11.8 Å². The average Bonchev–Trinajstić information content (AvgIpc) is 2.83. The predicted molar refractivity (Wildman–Crippen MR) is 120 cm³/mol. The summed E-state index contributed by atoms with van der Waals surface area (Å²) >= 11 is 1.34. The van der Waals surface area contributed by atoms with Gasteiger partial charge in [-0.2, -0.15) is 5.26 Å². The first-order chi connectivity index (χ1) is 15.3. The molecular formula is C24H29NO6S. The number of ether oxygens (including phenoxy) is 2. The van der Waals surface area contributed by atoms with Gasteiger partial charge in [-0.1, -0.05) is 31.2 Å². The van der Waals surface area contributed by atoms with Gasteiger partial charge in [-0.15, -0.1) is 11.8 Å². The number of thioether (sulfide) groups is 1. The van der Waals surface area contributed by atoms with Crippen LogP contribution in [0.15, 0.2) is 41.3 Å². The topological polar surface area (TPSA) is 123 Å². The van der Waals surface area contributed by atoms with Gasteiger partial charge in [0.15, 0.2) is 0 Å². The summed E-state index contributed by atoms with van der Waals surface area (Å²) in [6.45, 7) is 1.51. The van der Waals surface area contributed by atoms with Crippen LogP contribution >= 0.6 is 11.8 Å². The minimum Gasteiger partial charge on any atom is -0.394 e. The summed E-state index contributed by atoms with van der Waals surface area (Å²) in [6, 6.07) is 13.8. The number of hydrogen-bond acceptors (Lipinski definition) is 8. The van der Waals surface area contributed by atoms with Gasteiger partial charge in [-0.05, 0) is 47.9 Å². The Morgan fingerprint density at radius 2 is 1.78 bits per heavy atom. The smallest absolute Gasteiger partial charge is 0.225 e. The molecule has 0 bridgehead atoms. The molecule has 2 aromatic carbocycles. The summed E-state index contributed by atoms with van der Waals surface area (Å²) in [6.07, 6.45) is -2.65. The van der Waals surface area contributed by atoms with Gasteiger partial charge >= 0.3 is 0 Å².